The van der Waals surface area contributed by atoms with E-state index in [9.17, 15) is 5.26 Å². The van der Waals surface area contributed by atoms with E-state index in [1.807, 2.05) is 6.07 Å². The third-order valence-corrected chi connectivity index (χ3v) is 4.30. The Hall–Kier alpha value is -1.67. The smallest absolute Gasteiger partial charge is 0.133 e. The van der Waals surface area contributed by atoms with Crippen LogP contribution in [0.4, 0.5) is 11.5 Å². The molecule has 2 heterocycles. The summed E-state index contributed by atoms with van der Waals surface area (Å²) in [6, 6.07) is 4.38. The lowest BCUT2D eigenvalue weighted by Crippen LogP contribution is -2.47. The van der Waals surface area contributed by atoms with Gasteiger partial charge in [0.05, 0.1) is 5.69 Å². The topological polar surface area (TPSA) is 61.2 Å². The largest absolute Gasteiger partial charge is 0.396 e. The number of rotatable bonds is 4. The minimum Gasteiger partial charge on any atom is -0.396 e. The molecular weight excluding hydrogens is 250 g/mol. The van der Waals surface area contributed by atoms with Crippen LogP contribution in [0.15, 0.2) is 6.07 Å². The van der Waals surface area contributed by atoms with Crippen molar-refractivity contribution >= 4 is 11.5 Å². The van der Waals surface area contributed by atoms with Crippen molar-refractivity contribution < 1.29 is 0 Å². The summed E-state index contributed by atoms with van der Waals surface area (Å²) in [6.45, 7) is 11.6. The van der Waals surface area contributed by atoms with Gasteiger partial charge in [0.2, 0.25) is 0 Å². The van der Waals surface area contributed by atoms with Crippen molar-refractivity contribution in [3.63, 3.8) is 0 Å². The maximum absolute atomic E-state index is 9.33. The molecule has 0 unspecified atom stereocenters. The summed E-state index contributed by atoms with van der Waals surface area (Å²) in [7, 11) is 0. The summed E-state index contributed by atoms with van der Waals surface area (Å²) in [4.78, 5) is 4.77. The summed E-state index contributed by atoms with van der Waals surface area (Å²) < 4.78 is 2.11. The van der Waals surface area contributed by atoms with E-state index in [0.29, 0.717) is 11.7 Å². The molecule has 1 atom stereocenters. The predicted molar refractivity (Wildman–Crippen MR) is 82.9 cm³/mol. The van der Waals surface area contributed by atoms with Crippen molar-refractivity contribution in [1.29, 1.82) is 5.26 Å². The molecule has 1 aromatic rings. The minimum atomic E-state index is 0.293. The van der Waals surface area contributed by atoms with Crippen molar-refractivity contribution in [2.45, 2.75) is 33.2 Å². The number of nitrogen functional groups attached to an aromatic ring is 1. The molecule has 0 radical (unpaired) electrons. The van der Waals surface area contributed by atoms with Gasteiger partial charge in [-0.25, -0.2) is 0 Å². The molecule has 110 valence electrons. The summed E-state index contributed by atoms with van der Waals surface area (Å²) >= 11 is 0. The normalized spacial score (nSPS) is 18.0. The highest BCUT2D eigenvalue weighted by molar-refractivity contribution is 5.68. The van der Waals surface area contributed by atoms with Crippen molar-refractivity contribution in [1.82, 2.24) is 9.47 Å². The van der Waals surface area contributed by atoms with Gasteiger partial charge >= 0.3 is 0 Å². The monoisotopic (exact) mass is 275 g/mol. The molecule has 0 bridgehead atoms. The zero-order valence-corrected chi connectivity index (χ0v) is 12.8. The number of anilines is 2. The van der Waals surface area contributed by atoms with Crippen molar-refractivity contribution in [3.8, 4) is 6.07 Å². The molecule has 0 saturated carbocycles. The number of nitriles is 1. The van der Waals surface area contributed by atoms with Crippen LogP contribution in [-0.4, -0.2) is 42.2 Å². The van der Waals surface area contributed by atoms with E-state index in [1.54, 1.807) is 0 Å². The van der Waals surface area contributed by atoms with Gasteiger partial charge in [-0.05, 0) is 26.0 Å². The maximum atomic E-state index is 9.33. The molecule has 0 aromatic carbocycles. The Balaban J connectivity index is 2.32. The highest BCUT2D eigenvalue weighted by Crippen LogP contribution is 2.32. The fourth-order valence-corrected chi connectivity index (χ4v) is 2.86. The minimum absolute atomic E-state index is 0.293. The van der Waals surface area contributed by atoms with E-state index in [2.05, 4.69) is 41.2 Å². The van der Waals surface area contributed by atoms with E-state index in [4.69, 9.17) is 5.73 Å². The molecule has 5 nitrogen and oxygen atoms in total. The summed E-state index contributed by atoms with van der Waals surface area (Å²) in [6.07, 6.45) is 0.991. The highest BCUT2D eigenvalue weighted by Gasteiger charge is 2.24. The standard InChI is InChI=1S/C15H25N5/c1-4-12(3)20-13(11-16)10-14(17)15(20)19-8-6-18(5-2)7-9-19/h10,12H,4-9,17H2,1-3H3/t12-/m0/s1. The van der Waals surface area contributed by atoms with Gasteiger partial charge in [-0.15, -0.1) is 0 Å². The maximum Gasteiger partial charge on any atom is 0.133 e. The average molecular weight is 275 g/mol. The van der Waals surface area contributed by atoms with E-state index >= 15 is 0 Å². The van der Waals surface area contributed by atoms with Crippen LogP contribution in [-0.2, 0) is 0 Å². The van der Waals surface area contributed by atoms with Crippen LogP contribution < -0.4 is 10.6 Å². The summed E-state index contributed by atoms with van der Waals surface area (Å²) in [5.41, 5.74) is 7.58. The molecule has 1 saturated heterocycles. The molecular formula is C15H25N5. The van der Waals surface area contributed by atoms with Crippen LogP contribution in [0.2, 0.25) is 0 Å². The van der Waals surface area contributed by atoms with Gasteiger partial charge in [0, 0.05) is 32.2 Å². The lowest BCUT2D eigenvalue weighted by Gasteiger charge is -2.37. The molecule has 0 amide bonds. The van der Waals surface area contributed by atoms with Gasteiger partial charge in [0.15, 0.2) is 0 Å². The number of nitrogens with two attached hydrogens (primary N) is 1. The van der Waals surface area contributed by atoms with Crippen LogP contribution >= 0.6 is 0 Å². The number of piperazine rings is 1. The predicted octanol–water partition coefficient (Wildman–Crippen LogP) is 2.05. The Labute approximate surface area is 121 Å². The highest BCUT2D eigenvalue weighted by atomic mass is 15.3. The fourth-order valence-electron chi connectivity index (χ4n) is 2.86. The second-order valence-corrected chi connectivity index (χ2v) is 5.47. The molecule has 0 aliphatic carbocycles. The number of aromatic nitrogens is 1. The average Bonchev–Trinajstić information content (AvgIpc) is 2.83. The first-order valence-corrected chi connectivity index (χ1v) is 7.50. The molecule has 5 heteroatoms. The first-order chi connectivity index (χ1) is 9.62. The Morgan fingerprint density at radius 2 is 1.95 bits per heavy atom. The number of hydrogen-bond acceptors (Lipinski definition) is 4. The van der Waals surface area contributed by atoms with Gasteiger partial charge < -0.3 is 20.1 Å². The van der Waals surface area contributed by atoms with Gasteiger partial charge in [-0.3, -0.25) is 0 Å². The Bertz CT molecular complexity index is 491. The summed E-state index contributed by atoms with van der Waals surface area (Å²) in [5, 5.41) is 9.33. The van der Waals surface area contributed by atoms with E-state index < -0.39 is 0 Å². The van der Waals surface area contributed by atoms with Gasteiger partial charge in [-0.1, -0.05) is 13.8 Å². The van der Waals surface area contributed by atoms with E-state index in [0.717, 1.165) is 50.6 Å². The first-order valence-electron chi connectivity index (χ1n) is 7.50. The van der Waals surface area contributed by atoms with Gasteiger partial charge in [0.25, 0.3) is 0 Å². The second kappa shape index (κ2) is 6.19. The lowest BCUT2D eigenvalue weighted by atomic mass is 10.2. The van der Waals surface area contributed by atoms with Gasteiger partial charge in [-0.2, -0.15) is 5.26 Å². The molecule has 1 fully saturated rings. The zero-order chi connectivity index (χ0) is 14.7. The van der Waals surface area contributed by atoms with Crippen LogP contribution in [0.5, 0.6) is 0 Å². The van der Waals surface area contributed by atoms with Crippen LogP contribution in [0.3, 0.4) is 0 Å². The number of nitrogens with zero attached hydrogens (tertiary/aromatic N) is 4. The lowest BCUT2D eigenvalue weighted by molar-refractivity contribution is 0.269. The van der Waals surface area contributed by atoms with Crippen molar-refractivity contribution in [2.24, 2.45) is 0 Å². The summed E-state index contributed by atoms with van der Waals surface area (Å²) in [5.74, 6) is 1.03. The quantitative estimate of drug-likeness (QED) is 0.913. The molecule has 1 aliphatic rings. The molecule has 20 heavy (non-hydrogen) atoms. The molecule has 2 rings (SSSR count). The SMILES string of the molecule is CC[C@H](C)n1c(C#N)cc(N)c1N1CCN(CC)CC1. The molecule has 1 aliphatic heterocycles. The van der Waals surface area contributed by atoms with Crippen LogP contribution in [0, 0.1) is 11.3 Å². The Morgan fingerprint density at radius 1 is 1.30 bits per heavy atom. The Morgan fingerprint density at radius 3 is 2.45 bits per heavy atom. The Kier molecular flexibility index (Phi) is 4.56. The second-order valence-electron chi connectivity index (χ2n) is 5.47. The van der Waals surface area contributed by atoms with Crippen molar-refractivity contribution in [2.75, 3.05) is 43.4 Å². The first kappa shape index (κ1) is 14.7. The van der Waals surface area contributed by atoms with E-state index in [-0.39, 0.29) is 0 Å². The van der Waals surface area contributed by atoms with E-state index in [1.165, 1.54) is 0 Å². The fraction of sp³-hybridized carbons (Fsp3) is 0.667. The van der Waals surface area contributed by atoms with Crippen LogP contribution in [0.1, 0.15) is 38.9 Å². The molecule has 1 aromatic heterocycles. The molecule has 0 spiro atoms. The van der Waals surface area contributed by atoms with Gasteiger partial charge in [0.1, 0.15) is 17.6 Å². The third kappa shape index (κ3) is 2.61. The zero-order valence-electron chi connectivity index (χ0n) is 12.8. The molecule has 2 N–H and O–H groups in total. The number of hydrogen-bond donors (Lipinski definition) is 1. The van der Waals surface area contributed by atoms with Crippen LogP contribution in [0.25, 0.3) is 0 Å². The number of likely N-dealkylation sites (N-methyl/N-ethyl adjacent to an activating group) is 1. The third-order valence-electron chi connectivity index (χ3n) is 4.30. The van der Waals surface area contributed by atoms with Crippen molar-refractivity contribution in [3.05, 3.63) is 11.8 Å².